The zero-order chi connectivity index (χ0) is 13.4. The predicted octanol–water partition coefficient (Wildman–Crippen LogP) is 0.331. The summed E-state index contributed by atoms with van der Waals surface area (Å²) in [5, 5.41) is 0. The van der Waals surface area contributed by atoms with Gasteiger partial charge in [0, 0.05) is 19.6 Å². The first kappa shape index (κ1) is 15.8. The van der Waals surface area contributed by atoms with Crippen LogP contribution in [0.3, 0.4) is 0 Å². The number of nitrogens with two attached hydrogens (primary N) is 1. The topological polar surface area (TPSA) is 64.8 Å². The van der Waals surface area contributed by atoms with Crippen LogP contribution in [0.25, 0.3) is 0 Å². The van der Waals surface area contributed by atoms with Gasteiger partial charge in [-0.25, -0.2) is 0 Å². The standard InChI is InChI=1S/C12H24N2O3S/c1-10(9-14-4-6-16-7-5-14)17-12(15)11(13)3-8-18-2/h10-11H,3-9,13H2,1-2H3. The van der Waals surface area contributed by atoms with E-state index in [-0.39, 0.29) is 12.1 Å². The Balaban J connectivity index is 2.21. The van der Waals surface area contributed by atoms with Crippen LogP contribution in [0, 0.1) is 0 Å². The molecule has 0 aromatic carbocycles. The monoisotopic (exact) mass is 276 g/mol. The maximum absolute atomic E-state index is 11.7. The number of ether oxygens (including phenoxy) is 2. The Bertz CT molecular complexity index is 247. The molecule has 106 valence electrons. The van der Waals surface area contributed by atoms with Crippen LogP contribution in [0.5, 0.6) is 0 Å². The molecule has 0 amide bonds. The van der Waals surface area contributed by atoms with Gasteiger partial charge in [0.05, 0.1) is 13.2 Å². The van der Waals surface area contributed by atoms with Crippen molar-refractivity contribution in [2.45, 2.75) is 25.5 Å². The van der Waals surface area contributed by atoms with Gasteiger partial charge in [0.25, 0.3) is 0 Å². The Morgan fingerprint density at radius 2 is 2.17 bits per heavy atom. The van der Waals surface area contributed by atoms with E-state index in [4.69, 9.17) is 15.2 Å². The van der Waals surface area contributed by atoms with Crippen LogP contribution in [0.4, 0.5) is 0 Å². The smallest absolute Gasteiger partial charge is 0.323 e. The van der Waals surface area contributed by atoms with Crippen molar-refractivity contribution in [1.29, 1.82) is 0 Å². The normalized spacial score (nSPS) is 20.4. The van der Waals surface area contributed by atoms with Gasteiger partial charge in [-0.05, 0) is 25.4 Å². The molecule has 1 aliphatic rings. The summed E-state index contributed by atoms with van der Waals surface area (Å²) < 4.78 is 10.6. The van der Waals surface area contributed by atoms with Gasteiger partial charge in [0.15, 0.2) is 0 Å². The molecule has 2 N–H and O–H groups in total. The third kappa shape index (κ3) is 6.04. The van der Waals surface area contributed by atoms with Crippen molar-refractivity contribution < 1.29 is 14.3 Å². The molecular formula is C12H24N2O3S. The highest BCUT2D eigenvalue weighted by Gasteiger charge is 2.20. The van der Waals surface area contributed by atoms with Gasteiger partial charge < -0.3 is 15.2 Å². The highest BCUT2D eigenvalue weighted by atomic mass is 32.2. The molecule has 0 radical (unpaired) electrons. The summed E-state index contributed by atoms with van der Waals surface area (Å²) in [5.74, 6) is 0.596. The van der Waals surface area contributed by atoms with E-state index < -0.39 is 6.04 Å². The van der Waals surface area contributed by atoms with Gasteiger partial charge >= 0.3 is 5.97 Å². The molecule has 1 fully saturated rings. The highest BCUT2D eigenvalue weighted by molar-refractivity contribution is 7.98. The molecule has 0 bridgehead atoms. The van der Waals surface area contributed by atoms with Gasteiger partial charge in [0.2, 0.25) is 0 Å². The minimum Gasteiger partial charge on any atom is -0.460 e. The summed E-state index contributed by atoms with van der Waals surface area (Å²) >= 11 is 1.68. The first-order valence-electron chi connectivity index (χ1n) is 6.38. The fourth-order valence-electron chi connectivity index (χ4n) is 1.83. The van der Waals surface area contributed by atoms with Gasteiger partial charge in [-0.3, -0.25) is 9.69 Å². The second-order valence-corrected chi connectivity index (χ2v) is 5.53. The van der Waals surface area contributed by atoms with E-state index >= 15 is 0 Å². The average Bonchev–Trinajstić information content (AvgIpc) is 2.36. The molecule has 0 aliphatic carbocycles. The molecule has 5 nitrogen and oxygen atoms in total. The molecule has 2 unspecified atom stereocenters. The lowest BCUT2D eigenvalue weighted by Crippen LogP contribution is -2.43. The molecule has 0 saturated carbocycles. The summed E-state index contributed by atoms with van der Waals surface area (Å²) in [6.07, 6.45) is 2.56. The third-order valence-corrected chi connectivity index (χ3v) is 3.52. The number of carbonyl (C=O) groups excluding carboxylic acids is 1. The second kappa shape index (κ2) is 8.74. The van der Waals surface area contributed by atoms with Gasteiger partial charge in [-0.1, -0.05) is 0 Å². The van der Waals surface area contributed by atoms with Gasteiger partial charge in [-0.15, -0.1) is 0 Å². The van der Waals surface area contributed by atoms with E-state index in [0.717, 1.165) is 38.6 Å². The summed E-state index contributed by atoms with van der Waals surface area (Å²) in [7, 11) is 0. The Hall–Kier alpha value is -0.300. The van der Waals surface area contributed by atoms with Crippen LogP contribution in [-0.2, 0) is 14.3 Å². The van der Waals surface area contributed by atoms with E-state index in [1.54, 1.807) is 11.8 Å². The summed E-state index contributed by atoms with van der Waals surface area (Å²) in [5.41, 5.74) is 5.76. The molecule has 18 heavy (non-hydrogen) atoms. The third-order valence-electron chi connectivity index (χ3n) is 2.87. The van der Waals surface area contributed by atoms with Crippen molar-refractivity contribution in [1.82, 2.24) is 4.90 Å². The number of hydrogen-bond acceptors (Lipinski definition) is 6. The Labute approximate surface area is 113 Å². The Morgan fingerprint density at radius 3 is 2.78 bits per heavy atom. The van der Waals surface area contributed by atoms with Crippen LogP contribution in [-0.4, -0.2) is 67.9 Å². The second-order valence-electron chi connectivity index (χ2n) is 4.55. The molecule has 1 saturated heterocycles. The van der Waals surface area contributed by atoms with E-state index in [1.807, 2.05) is 13.2 Å². The summed E-state index contributed by atoms with van der Waals surface area (Å²) in [6, 6.07) is -0.496. The van der Waals surface area contributed by atoms with E-state index in [1.165, 1.54) is 0 Å². The molecule has 0 aromatic heterocycles. The van der Waals surface area contributed by atoms with E-state index in [2.05, 4.69) is 4.90 Å². The molecular weight excluding hydrogens is 252 g/mol. The number of esters is 1. The average molecular weight is 276 g/mol. The van der Waals surface area contributed by atoms with Crippen molar-refractivity contribution in [3.8, 4) is 0 Å². The van der Waals surface area contributed by atoms with E-state index in [0.29, 0.717) is 6.42 Å². The maximum atomic E-state index is 11.7. The SMILES string of the molecule is CSCCC(N)C(=O)OC(C)CN1CCOCC1. The molecule has 1 aliphatic heterocycles. The number of morpholine rings is 1. The lowest BCUT2D eigenvalue weighted by Gasteiger charge is -2.29. The number of hydrogen-bond donors (Lipinski definition) is 1. The quantitative estimate of drug-likeness (QED) is 0.676. The molecule has 1 heterocycles. The summed E-state index contributed by atoms with van der Waals surface area (Å²) in [6.45, 7) is 5.99. The van der Waals surface area contributed by atoms with Crippen LogP contribution in [0.2, 0.25) is 0 Å². The predicted molar refractivity (Wildman–Crippen MR) is 73.8 cm³/mol. The van der Waals surface area contributed by atoms with Crippen LogP contribution >= 0.6 is 11.8 Å². The Kier molecular flexibility index (Phi) is 7.65. The zero-order valence-corrected chi connectivity index (χ0v) is 12.1. The van der Waals surface area contributed by atoms with Crippen molar-refractivity contribution in [3.63, 3.8) is 0 Å². The summed E-state index contributed by atoms with van der Waals surface area (Å²) in [4.78, 5) is 13.9. The van der Waals surface area contributed by atoms with Crippen LogP contribution < -0.4 is 5.73 Å². The maximum Gasteiger partial charge on any atom is 0.323 e. The minimum absolute atomic E-state index is 0.115. The molecule has 0 spiro atoms. The van der Waals surface area contributed by atoms with Crippen LogP contribution in [0.15, 0.2) is 0 Å². The number of thioether (sulfide) groups is 1. The zero-order valence-electron chi connectivity index (χ0n) is 11.3. The number of nitrogens with zero attached hydrogens (tertiary/aromatic N) is 1. The van der Waals surface area contributed by atoms with Crippen molar-refractivity contribution in [2.75, 3.05) is 44.9 Å². The van der Waals surface area contributed by atoms with Crippen molar-refractivity contribution >= 4 is 17.7 Å². The number of carbonyl (C=O) groups is 1. The van der Waals surface area contributed by atoms with Gasteiger partial charge in [-0.2, -0.15) is 11.8 Å². The lowest BCUT2D eigenvalue weighted by molar-refractivity contribution is -0.151. The fraction of sp³-hybridized carbons (Fsp3) is 0.917. The molecule has 0 aromatic rings. The molecule has 1 rings (SSSR count). The van der Waals surface area contributed by atoms with E-state index in [9.17, 15) is 4.79 Å². The van der Waals surface area contributed by atoms with Crippen molar-refractivity contribution in [2.24, 2.45) is 5.73 Å². The highest BCUT2D eigenvalue weighted by Crippen LogP contribution is 2.05. The largest absolute Gasteiger partial charge is 0.460 e. The molecule has 6 heteroatoms. The Morgan fingerprint density at radius 1 is 1.50 bits per heavy atom. The first-order valence-corrected chi connectivity index (χ1v) is 7.78. The fourth-order valence-corrected chi connectivity index (χ4v) is 2.32. The first-order chi connectivity index (χ1) is 8.63. The van der Waals surface area contributed by atoms with Gasteiger partial charge in [0.1, 0.15) is 12.1 Å². The minimum atomic E-state index is -0.496. The molecule has 2 atom stereocenters. The number of rotatable bonds is 7. The van der Waals surface area contributed by atoms with Crippen molar-refractivity contribution in [3.05, 3.63) is 0 Å². The lowest BCUT2D eigenvalue weighted by atomic mass is 10.2. The van der Waals surface area contributed by atoms with Crippen LogP contribution in [0.1, 0.15) is 13.3 Å².